The monoisotopic (exact) mass is 248 g/mol. The van der Waals surface area contributed by atoms with Crippen LogP contribution in [0.25, 0.3) is 11.1 Å². The Kier molecular flexibility index (Phi) is 3.10. The number of aromatic carboxylic acids is 1. The van der Waals surface area contributed by atoms with Crippen molar-refractivity contribution in [2.45, 2.75) is 6.92 Å². The van der Waals surface area contributed by atoms with E-state index in [1.165, 1.54) is 24.3 Å². The summed E-state index contributed by atoms with van der Waals surface area (Å²) in [4.78, 5) is 10.8. The van der Waals surface area contributed by atoms with Gasteiger partial charge in [0.1, 0.15) is 11.6 Å². The SMILES string of the molecule is Cc1cc(F)cc(-c2ccc(F)c(C(=O)O)c2)c1. The summed E-state index contributed by atoms with van der Waals surface area (Å²) in [5.41, 5.74) is 1.28. The molecule has 0 aliphatic carbocycles. The number of carboxylic acids is 1. The van der Waals surface area contributed by atoms with Crippen molar-refractivity contribution in [3.63, 3.8) is 0 Å². The third-order valence-electron chi connectivity index (χ3n) is 2.57. The zero-order chi connectivity index (χ0) is 13.3. The van der Waals surface area contributed by atoms with Gasteiger partial charge in [0, 0.05) is 0 Å². The van der Waals surface area contributed by atoms with Crippen molar-refractivity contribution in [3.05, 3.63) is 59.2 Å². The van der Waals surface area contributed by atoms with Crippen LogP contribution in [0.4, 0.5) is 8.78 Å². The van der Waals surface area contributed by atoms with E-state index in [4.69, 9.17) is 5.11 Å². The summed E-state index contributed by atoms with van der Waals surface area (Å²) in [5, 5.41) is 8.83. The lowest BCUT2D eigenvalue weighted by Gasteiger charge is -2.06. The van der Waals surface area contributed by atoms with Crippen molar-refractivity contribution in [1.82, 2.24) is 0 Å². The van der Waals surface area contributed by atoms with Crippen molar-refractivity contribution in [1.29, 1.82) is 0 Å². The zero-order valence-corrected chi connectivity index (χ0v) is 9.58. The number of halogens is 2. The molecule has 2 rings (SSSR count). The van der Waals surface area contributed by atoms with Crippen LogP contribution in [0.15, 0.2) is 36.4 Å². The van der Waals surface area contributed by atoms with Gasteiger partial charge in [0.05, 0.1) is 5.56 Å². The number of aryl methyl sites for hydroxylation is 1. The Morgan fingerprint density at radius 2 is 1.78 bits per heavy atom. The molecule has 0 saturated heterocycles. The molecule has 0 spiro atoms. The molecule has 1 N–H and O–H groups in total. The second kappa shape index (κ2) is 4.56. The number of carbonyl (C=O) groups is 1. The van der Waals surface area contributed by atoms with E-state index in [0.717, 1.165) is 6.07 Å². The summed E-state index contributed by atoms with van der Waals surface area (Å²) in [6.45, 7) is 1.73. The first-order valence-electron chi connectivity index (χ1n) is 5.28. The molecule has 92 valence electrons. The van der Waals surface area contributed by atoms with E-state index in [1.807, 2.05) is 0 Å². The minimum Gasteiger partial charge on any atom is -0.478 e. The van der Waals surface area contributed by atoms with Gasteiger partial charge in [-0.2, -0.15) is 0 Å². The van der Waals surface area contributed by atoms with Gasteiger partial charge in [-0.25, -0.2) is 13.6 Å². The van der Waals surface area contributed by atoms with Crippen LogP contribution in [0.2, 0.25) is 0 Å². The van der Waals surface area contributed by atoms with E-state index in [1.54, 1.807) is 13.0 Å². The van der Waals surface area contributed by atoms with Crippen LogP contribution < -0.4 is 0 Å². The van der Waals surface area contributed by atoms with Gasteiger partial charge >= 0.3 is 5.97 Å². The first kappa shape index (κ1) is 12.2. The van der Waals surface area contributed by atoms with Gasteiger partial charge in [-0.15, -0.1) is 0 Å². The fraction of sp³-hybridized carbons (Fsp3) is 0.0714. The minimum absolute atomic E-state index is 0.411. The lowest BCUT2D eigenvalue weighted by molar-refractivity contribution is 0.0692. The predicted molar refractivity (Wildman–Crippen MR) is 63.5 cm³/mol. The maximum absolute atomic E-state index is 13.3. The molecule has 0 heterocycles. The number of rotatable bonds is 2. The Balaban J connectivity index is 2.57. The van der Waals surface area contributed by atoms with E-state index >= 15 is 0 Å². The highest BCUT2D eigenvalue weighted by atomic mass is 19.1. The smallest absolute Gasteiger partial charge is 0.338 e. The highest BCUT2D eigenvalue weighted by Gasteiger charge is 2.12. The predicted octanol–water partition coefficient (Wildman–Crippen LogP) is 3.64. The van der Waals surface area contributed by atoms with Gasteiger partial charge in [0.15, 0.2) is 0 Å². The molecular weight excluding hydrogens is 238 g/mol. The Bertz CT molecular complexity index is 601. The van der Waals surface area contributed by atoms with Gasteiger partial charge in [-0.05, 0) is 47.9 Å². The van der Waals surface area contributed by atoms with Crippen LogP contribution in [-0.2, 0) is 0 Å². The van der Waals surface area contributed by atoms with E-state index in [-0.39, 0.29) is 0 Å². The van der Waals surface area contributed by atoms with Crippen molar-refractivity contribution >= 4 is 5.97 Å². The lowest BCUT2D eigenvalue weighted by Crippen LogP contribution is -2.00. The Labute approximate surface area is 103 Å². The maximum Gasteiger partial charge on any atom is 0.338 e. The average molecular weight is 248 g/mol. The lowest BCUT2D eigenvalue weighted by atomic mass is 10.0. The number of carboxylic acid groups (broad SMARTS) is 1. The van der Waals surface area contributed by atoms with Gasteiger partial charge in [0.2, 0.25) is 0 Å². The Morgan fingerprint density at radius 1 is 1.06 bits per heavy atom. The molecule has 0 unspecified atom stereocenters. The molecule has 0 bridgehead atoms. The van der Waals surface area contributed by atoms with Crippen LogP contribution in [0.1, 0.15) is 15.9 Å². The van der Waals surface area contributed by atoms with Gasteiger partial charge in [-0.3, -0.25) is 0 Å². The highest BCUT2D eigenvalue weighted by molar-refractivity contribution is 5.89. The molecule has 2 nitrogen and oxygen atoms in total. The first-order chi connectivity index (χ1) is 8.47. The number of benzene rings is 2. The van der Waals surface area contributed by atoms with Crippen LogP contribution in [0.3, 0.4) is 0 Å². The maximum atomic E-state index is 13.3. The molecule has 18 heavy (non-hydrogen) atoms. The molecule has 2 aromatic carbocycles. The van der Waals surface area contributed by atoms with Crippen molar-refractivity contribution in [3.8, 4) is 11.1 Å². The van der Waals surface area contributed by atoms with E-state index in [9.17, 15) is 13.6 Å². The fourth-order valence-corrected chi connectivity index (χ4v) is 1.77. The summed E-state index contributed by atoms with van der Waals surface area (Å²) in [6.07, 6.45) is 0. The normalized spacial score (nSPS) is 10.4. The summed E-state index contributed by atoms with van der Waals surface area (Å²) >= 11 is 0. The third-order valence-corrected chi connectivity index (χ3v) is 2.57. The molecule has 0 aliphatic heterocycles. The first-order valence-corrected chi connectivity index (χ1v) is 5.28. The zero-order valence-electron chi connectivity index (χ0n) is 9.58. The van der Waals surface area contributed by atoms with Crippen LogP contribution >= 0.6 is 0 Å². The number of hydrogen-bond acceptors (Lipinski definition) is 1. The molecule has 0 aliphatic rings. The fourth-order valence-electron chi connectivity index (χ4n) is 1.77. The van der Waals surface area contributed by atoms with Crippen LogP contribution in [-0.4, -0.2) is 11.1 Å². The largest absolute Gasteiger partial charge is 0.478 e. The summed E-state index contributed by atoms with van der Waals surface area (Å²) in [6, 6.07) is 8.06. The van der Waals surface area contributed by atoms with Gasteiger partial charge < -0.3 is 5.11 Å². The average Bonchev–Trinajstić information content (AvgIpc) is 2.27. The second-order valence-electron chi connectivity index (χ2n) is 4.02. The molecule has 0 saturated carbocycles. The summed E-state index contributed by atoms with van der Waals surface area (Å²) in [7, 11) is 0. The Morgan fingerprint density at radius 3 is 2.39 bits per heavy atom. The van der Waals surface area contributed by atoms with Crippen molar-refractivity contribution in [2.75, 3.05) is 0 Å². The third kappa shape index (κ3) is 2.37. The quantitative estimate of drug-likeness (QED) is 0.880. The molecule has 0 amide bonds. The summed E-state index contributed by atoms with van der Waals surface area (Å²) in [5.74, 6) is -2.56. The molecule has 0 radical (unpaired) electrons. The van der Waals surface area contributed by atoms with E-state index in [0.29, 0.717) is 16.7 Å². The highest BCUT2D eigenvalue weighted by Crippen LogP contribution is 2.24. The van der Waals surface area contributed by atoms with Crippen molar-refractivity contribution in [2.24, 2.45) is 0 Å². The minimum atomic E-state index is -1.34. The van der Waals surface area contributed by atoms with E-state index < -0.39 is 23.2 Å². The molecular formula is C14H10F2O2. The van der Waals surface area contributed by atoms with Crippen LogP contribution in [0, 0.1) is 18.6 Å². The molecule has 0 fully saturated rings. The van der Waals surface area contributed by atoms with Gasteiger partial charge in [-0.1, -0.05) is 12.1 Å². The Hall–Kier alpha value is -2.23. The molecule has 0 atom stereocenters. The second-order valence-corrected chi connectivity index (χ2v) is 4.02. The van der Waals surface area contributed by atoms with E-state index in [2.05, 4.69) is 0 Å². The molecule has 2 aromatic rings. The van der Waals surface area contributed by atoms with Gasteiger partial charge in [0.25, 0.3) is 0 Å². The molecule has 0 aromatic heterocycles. The summed E-state index contributed by atoms with van der Waals surface area (Å²) < 4.78 is 26.5. The number of hydrogen-bond donors (Lipinski definition) is 1. The van der Waals surface area contributed by atoms with Crippen molar-refractivity contribution < 1.29 is 18.7 Å². The molecule has 4 heteroatoms. The standard InChI is InChI=1S/C14H10F2O2/c1-8-4-10(6-11(15)5-8)9-2-3-13(16)12(7-9)14(17)18/h2-7H,1H3,(H,17,18). The van der Waals surface area contributed by atoms with Crippen LogP contribution in [0.5, 0.6) is 0 Å². The topological polar surface area (TPSA) is 37.3 Å².